The molecule has 0 aliphatic rings. The van der Waals surface area contributed by atoms with Crippen LogP contribution in [0.2, 0.25) is 0 Å². The molecule has 0 unspecified atom stereocenters. The van der Waals surface area contributed by atoms with Crippen LogP contribution in [0.15, 0.2) is 30.3 Å². The highest BCUT2D eigenvalue weighted by molar-refractivity contribution is 5.70. The van der Waals surface area contributed by atoms with Gasteiger partial charge in [0.25, 0.3) is 0 Å². The number of pyridine rings is 1. The summed E-state index contributed by atoms with van der Waals surface area (Å²) in [6, 6.07) is 8.78. The lowest BCUT2D eigenvalue weighted by atomic mass is 10.1. The Morgan fingerprint density at radius 1 is 1.20 bits per heavy atom. The molecule has 0 fully saturated rings. The minimum absolute atomic E-state index is 0.0510. The molecule has 2 N–H and O–H groups in total. The number of nitrogens with one attached hydrogen (secondary N) is 2. The highest BCUT2D eigenvalue weighted by Crippen LogP contribution is 2.29. The Hall–Kier alpha value is -2.63. The molecule has 6 heteroatoms. The van der Waals surface area contributed by atoms with E-state index in [0.717, 1.165) is 16.8 Å². The predicted molar refractivity (Wildman–Crippen MR) is 79.6 cm³/mol. The normalized spacial score (nSPS) is 10.2. The zero-order chi connectivity index (χ0) is 14.7. The quantitative estimate of drug-likeness (QED) is 0.658. The first kappa shape index (κ1) is 13.8. The van der Waals surface area contributed by atoms with Crippen molar-refractivity contribution in [1.29, 1.82) is 0 Å². The van der Waals surface area contributed by atoms with Gasteiger partial charge in [-0.3, -0.25) is 10.1 Å². The topological polar surface area (TPSA) is 80.1 Å². The fraction of sp³-hybridized carbons (Fsp3) is 0.214. The lowest BCUT2D eigenvalue weighted by Gasteiger charge is -2.11. The summed E-state index contributed by atoms with van der Waals surface area (Å²) in [5.74, 6) is 0.805. The Labute approximate surface area is 117 Å². The Morgan fingerprint density at radius 2 is 1.95 bits per heavy atom. The van der Waals surface area contributed by atoms with Crippen LogP contribution in [0.25, 0.3) is 0 Å². The van der Waals surface area contributed by atoms with Crippen LogP contribution in [-0.2, 0) is 0 Å². The van der Waals surface area contributed by atoms with Crippen LogP contribution >= 0.6 is 0 Å². The van der Waals surface area contributed by atoms with E-state index in [1.165, 1.54) is 6.07 Å². The summed E-state index contributed by atoms with van der Waals surface area (Å²) < 4.78 is 0. The highest BCUT2D eigenvalue weighted by atomic mass is 16.6. The number of hydrogen-bond donors (Lipinski definition) is 2. The van der Waals surface area contributed by atoms with Gasteiger partial charge in [0.2, 0.25) is 5.82 Å². The molecule has 6 nitrogen and oxygen atoms in total. The van der Waals surface area contributed by atoms with E-state index >= 15 is 0 Å². The van der Waals surface area contributed by atoms with E-state index in [0.29, 0.717) is 5.82 Å². The molecule has 1 aromatic carbocycles. The molecule has 0 amide bonds. The second-order valence-electron chi connectivity index (χ2n) is 4.44. The van der Waals surface area contributed by atoms with Crippen LogP contribution in [0.5, 0.6) is 0 Å². The largest absolute Gasteiger partial charge is 0.373 e. The van der Waals surface area contributed by atoms with Gasteiger partial charge in [-0.2, -0.15) is 0 Å². The maximum absolute atomic E-state index is 11.1. The minimum atomic E-state index is -0.445. The van der Waals surface area contributed by atoms with Crippen molar-refractivity contribution < 1.29 is 4.92 Å². The van der Waals surface area contributed by atoms with Gasteiger partial charge in [0, 0.05) is 18.8 Å². The number of benzene rings is 1. The van der Waals surface area contributed by atoms with Gasteiger partial charge in [0.1, 0.15) is 5.82 Å². The van der Waals surface area contributed by atoms with Crippen molar-refractivity contribution in [2.45, 2.75) is 13.8 Å². The highest BCUT2D eigenvalue weighted by Gasteiger charge is 2.16. The van der Waals surface area contributed by atoms with Gasteiger partial charge in [0.15, 0.2) is 0 Å². The van der Waals surface area contributed by atoms with E-state index in [9.17, 15) is 10.1 Å². The number of aromatic nitrogens is 1. The van der Waals surface area contributed by atoms with Crippen LogP contribution in [0.3, 0.4) is 0 Å². The van der Waals surface area contributed by atoms with Crippen molar-refractivity contribution in [1.82, 2.24) is 4.98 Å². The molecule has 0 aliphatic heterocycles. The van der Waals surface area contributed by atoms with Crippen molar-refractivity contribution in [2.24, 2.45) is 0 Å². The van der Waals surface area contributed by atoms with Crippen molar-refractivity contribution in [3.63, 3.8) is 0 Å². The Morgan fingerprint density at radius 3 is 2.60 bits per heavy atom. The molecule has 0 aliphatic carbocycles. The van der Waals surface area contributed by atoms with Crippen LogP contribution in [0.1, 0.15) is 11.1 Å². The van der Waals surface area contributed by atoms with Crippen molar-refractivity contribution in [3.8, 4) is 0 Å². The summed E-state index contributed by atoms with van der Waals surface area (Å²) in [4.78, 5) is 14.8. The molecule has 2 aromatic rings. The average Bonchev–Trinajstić information content (AvgIpc) is 2.43. The summed E-state index contributed by atoms with van der Waals surface area (Å²) in [5.41, 5.74) is 2.92. The van der Waals surface area contributed by atoms with Crippen LogP contribution in [-0.4, -0.2) is 17.0 Å². The smallest absolute Gasteiger partial charge is 0.311 e. The summed E-state index contributed by atoms with van der Waals surface area (Å²) >= 11 is 0. The van der Waals surface area contributed by atoms with Gasteiger partial charge in [0.05, 0.1) is 4.92 Å². The Balaban J connectivity index is 2.46. The average molecular weight is 272 g/mol. The SMILES string of the molecule is CNc1ccc([N+](=O)[O-])c(Nc2cccc(C)c2C)n1. The van der Waals surface area contributed by atoms with Gasteiger partial charge in [-0.05, 0) is 37.1 Å². The number of hydrogen-bond acceptors (Lipinski definition) is 5. The molecule has 0 atom stereocenters. The van der Waals surface area contributed by atoms with Crippen LogP contribution < -0.4 is 10.6 Å². The molecule has 0 radical (unpaired) electrons. The Kier molecular flexibility index (Phi) is 3.84. The van der Waals surface area contributed by atoms with Crippen molar-refractivity contribution in [2.75, 3.05) is 17.7 Å². The molecule has 0 spiro atoms. The standard InChI is InChI=1S/C14H16N4O2/c1-9-5-4-6-11(10(9)2)16-14-12(18(19)20)7-8-13(15-3)17-14/h4-8H,1-3H3,(H2,15,16,17). The maximum Gasteiger partial charge on any atom is 0.311 e. The zero-order valence-electron chi connectivity index (χ0n) is 11.6. The first-order valence-electron chi connectivity index (χ1n) is 6.19. The van der Waals surface area contributed by atoms with E-state index in [1.807, 2.05) is 32.0 Å². The number of rotatable bonds is 4. The number of aryl methyl sites for hydroxylation is 1. The first-order valence-corrected chi connectivity index (χ1v) is 6.19. The zero-order valence-corrected chi connectivity index (χ0v) is 11.6. The fourth-order valence-corrected chi connectivity index (χ4v) is 1.84. The molecule has 0 saturated carbocycles. The summed E-state index contributed by atoms with van der Waals surface area (Å²) in [6.07, 6.45) is 0. The molecule has 2 rings (SSSR count). The fourth-order valence-electron chi connectivity index (χ4n) is 1.84. The molecule has 20 heavy (non-hydrogen) atoms. The molecule has 1 heterocycles. The minimum Gasteiger partial charge on any atom is -0.373 e. The number of anilines is 3. The Bertz CT molecular complexity index is 656. The summed E-state index contributed by atoms with van der Waals surface area (Å²) in [6.45, 7) is 3.96. The van der Waals surface area contributed by atoms with Crippen LogP contribution in [0, 0.1) is 24.0 Å². The van der Waals surface area contributed by atoms with E-state index < -0.39 is 4.92 Å². The second-order valence-corrected chi connectivity index (χ2v) is 4.44. The molecule has 0 bridgehead atoms. The van der Waals surface area contributed by atoms with E-state index in [-0.39, 0.29) is 11.5 Å². The molecule has 0 saturated heterocycles. The monoisotopic (exact) mass is 272 g/mol. The first-order chi connectivity index (χ1) is 9.52. The van der Waals surface area contributed by atoms with Gasteiger partial charge >= 0.3 is 5.69 Å². The predicted octanol–water partition coefficient (Wildman–Crippen LogP) is 3.39. The van der Waals surface area contributed by atoms with Gasteiger partial charge in [-0.15, -0.1) is 0 Å². The van der Waals surface area contributed by atoms with E-state index in [1.54, 1.807) is 13.1 Å². The van der Waals surface area contributed by atoms with Gasteiger partial charge < -0.3 is 10.6 Å². The molecule has 104 valence electrons. The van der Waals surface area contributed by atoms with Crippen LogP contribution in [0.4, 0.5) is 23.0 Å². The second kappa shape index (κ2) is 5.56. The van der Waals surface area contributed by atoms with Gasteiger partial charge in [-0.1, -0.05) is 12.1 Å². The third-order valence-electron chi connectivity index (χ3n) is 3.18. The number of nitro groups is 1. The maximum atomic E-state index is 11.1. The third-order valence-corrected chi connectivity index (χ3v) is 3.18. The molecular formula is C14H16N4O2. The summed E-state index contributed by atoms with van der Waals surface area (Å²) in [7, 11) is 1.72. The van der Waals surface area contributed by atoms with E-state index in [2.05, 4.69) is 15.6 Å². The lowest BCUT2D eigenvalue weighted by Crippen LogP contribution is -2.03. The lowest BCUT2D eigenvalue weighted by molar-refractivity contribution is -0.384. The van der Waals surface area contributed by atoms with Gasteiger partial charge in [-0.25, -0.2) is 4.98 Å². The van der Waals surface area contributed by atoms with E-state index in [4.69, 9.17) is 0 Å². The summed E-state index contributed by atoms with van der Waals surface area (Å²) in [5, 5.41) is 17.0. The number of nitrogens with zero attached hydrogens (tertiary/aromatic N) is 2. The van der Waals surface area contributed by atoms with Crippen molar-refractivity contribution in [3.05, 3.63) is 51.6 Å². The third kappa shape index (κ3) is 2.69. The molecular weight excluding hydrogens is 256 g/mol. The van der Waals surface area contributed by atoms with Crippen molar-refractivity contribution >= 4 is 23.0 Å². The molecule has 1 aromatic heterocycles.